The first-order chi connectivity index (χ1) is 14.2. The van der Waals surface area contributed by atoms with Gasteiger partial charge in [-0.05, 0) is 60.8 Å². The van der Waals surface area contributed by atoms with Crippen LogP contribution in [0.15, 0.2) is 47.6 Å². The van der Waals surface area contributed by atoms with Crippen LogP contribution in [-0.4, -0.2) is 43.2 Å². The quantitative estimate of drug-likeness (QED) is 0.359. The van der Waals surface area contributed by atoms with Gasteiger partial charge in [-0.25, -0.2) is 9.37 Å². The molecule has 3 aliphatic rings. The maximum Gasteiger partial charge on any atom is 0.191 e. The highest BCUT2D eigenvalue weighted by Crippen LogP contribution is 2.61. The van der Waals surface area contributed by atoms with Crippen LogP contribution in [0, 0.1) is 17.7 Å². The SMILES string of the molecule is CCNC(=NCC1C2Cc3ccccc3C12)NC1CCN(c2ncccc2F)C1.I. The fourth-order valence-electron chi connectivity index (χ4n) is 5.12. The Kier molecular flexibility index (Phi) is 6.46. The molecule has 2 aromatic rings. The van der Waals surface area contributed by atoms with E-state index in [1.807, 2.05) is 4.90 Å². The lowest BCUT2D eigenvalue weighted by molar-refractivity contribution is 0.612. The van der Waals surface area contributed by atoms with Gasteiger partial charge in [0.05, 0.1) is 0 Å². The molecule has 0 radical (unpaired) electrons. The van der Waals surface area contributed by atoms with Crippen LogP contribution >= 0.6 is 24.0 Å². The molecule has 30 heavy (non-hydrogen) atoms. The molecular weight excluding hydrogens is 492 g/mol. The molecule has 5 rings (SSSR count). The highest BCUT2D eigenvalue weighted by molar-refractivity contribution is 14.0. The van der Waals surface area contributed by atoms with E-state index in [1.165, 1.54) is 18.1 Å². The number of nitrogens with zero attached hydrogens (tertiary/aromatic N) is 3. The second-order valence-corrected chi connectivity index (χ2v) is 8.36. The van der Waals surface area contributed by atoms with Crippen molar-refractivity contribution < 1.29 is 4.39 Å². The highest BCUT2D eigenvalue weighted by Gasteiger charge is 2.54. The predicted octanol–water partition coefficient (Wildman–Crippen LogP) is 3.56. The minimum Gasteiger partial charge on any atom is -0.357 e. The number of anilines is 1. The van der Waals surface area contributed by atoms with E-state index in [-0.39, 0.29) is 35.8 Å². The molecule has 1 saturated carbocycles. The molecule has 2 N–H and O–H groups in total. The van der Waals surface area contributed by atoms with Crippen molar-refractivity contribution in [1.82, 2.24) is 15.6 Å². The normalized spacial score (nSPS) is 26.6. The molecule has 1 saturated heterocycles. The summed E-state index contributed by atoms with van der Waals surface area (Å²) in [6.07, 6.45) is 3.80. The second-order valence-electron chi connectivity index (χ2n) is 8.36. The number of hydrogen-bond donors (Lipinski definition) is 2. The van der Waals surface area contributed by atoms with Crippen LogP contribution in [0.3, 0.4) is 0 Å². The van der Waals surface area contributed by atoms with Crippen LogP contribution in [0.5, 0.6) is 0 Å². The Morgan fingerprint density at radius 2 is 2.13 bits per heavy atom. The summed E-state index contributed by atoms with van der Waals surface area (Å²) in [6, 6.07) is 12.2. The van der Waals surface area contributed by atoms with Crippen molar-refractivity contribution in [3.05, 3.63) is 59.5 Å². The van der Waals surface area contributed by atoms with Crippen molar-refractivity contribution >= 4 is 35.8 Å². The standard InChI is InChI=1S/C23H28FN5.HI/c1-2-25-23(27-13-19-18-12-15-6-3-4-7-17(15)21(18)19)28-16-9-11-29(14-16)22-20(24)8-5-10-26-22;/h3-8,10,16,18-19,21H,2,9,11-14H2,1H3,(H2,25,27,28);1H. The Morgan fingerprint density at radius 3 is 2.97 bits per heavy atom. The molecule has 0 bridgehead atoms. The summed E-state index contributed by atoms with van der Waals surface area (Å²) in [5.74, 6) is 3.21. The van der Waals surface area contributed by atoms with Crippen LogP contribution in [0.2, 0.25) is 0 Å². The molecule has 5 nitrogen and oxygen atoms in total. The molecule has 160 valence electrons. The minimum absolute atomic E-state index is 0. The fourth-order valence-corrected chi connectivity index (χ4v) is 5.12. The van der Waals surface area contributed by atoms with Crippen molar-refractivity contribution in [3.63, 3.8) is 0 Å². The number of benzene rings is 1. The lowest BCUT2D eigenvalue weighted by Gasteiger charge is -2.20. The number of halogens is 2. The molecule has 2 aliphatic carbocycles. The van der Waals surface area contributed by atoms with Gasteiger partial charge < -0.3 is 15.5 Å². The van der Waals surface area contributed by atoms with E-state index in [4.69, 9.17) is 4.99 Å². The van der Waals surface area contributed by atoms with E-state index in [0.717, 1.165) is 44.5 Å². The van der Waals surface area contributed by atoms with Gasteiger partial charge in [-0.3, -0.25) is 4.99 Å². The molecular formula is C23H29FIN5. The Bertz CT molecular complexity index is 920. The van der Waals surface area contributed by atoms with Gasteiger partial charge in [0.1, 0.15) is 0 Å². The molecule has 7 heteroatoms. The van der Waals surface area contributed by atoms with Crippen LogP contribution in [0.25, 0.3) is 0 Å². The minimum atomic E-state index is -0.255. The lowest BCUT2D eigenvalue weighted by atomic mass is 10.0. The Balaban J connectivity index is 0.00000218. The van der Waals surface area contributed by atoms with Gasteiger partial charge in [-0.15, -0.1) is 24.0 Å². The summed E-state index contributed by atoms with van der Waals surface area (Å²) in [7, 11) is 0. The van der Waals surface area contributed by atoms with Gasteiger partial charge in [0.2, 0.25) is 0 Å². The topological polar surface area (TPSA) is 52.6 Å². The summed E-state index contributed by atoms with van der Waals surface area (Å²) >= 11 is 0. The van der Waals surface area contributed by atoms with Crippen molar-refractivity contribution in [2.45, 2.75) is 31.7 Å². The highest BCUT2D eigenvalue weighted by atomic mass is 127. The maximum absolute atomic E-state index is 14.0. The van der Waals surface area contributed by atoms with Gasteiger partial charge >= 0.3 is 0 Å². The summed E-state index contributed by atoms with van der Waals surface area (Å²) in [4.78, 5) is 11.1. The van der Waals surface area contributed by atoms with Crippen LogP contribution in [0.1, 0.15) is 30.4 Å². The van der Waals surface area contributed by atoms with E-state index >= 15 is 0 Å². The molecule has 0 spiro atoms. The van der Waals surface area contributed by atoms with E-state index in [0.29, 0.717) is 17.7 Å². The summed E-state index contributed by atoms with van der Waals surface area (Å²) in [5.41, 5.74) is 3.07. The number of pyridine rings is 1. The molecule has 1 aromatic carbocycles. The molecule has 4 unspecified atom stereocenters. The monoisotopic (exact) mass is 521 g/mol. The van der Waals surface area contributed by atoms with Crippen molar-refractivity contribution in [1.29, 1.82) is 0 Å². The van der Waals surface area contributed by atoms with Gasteiger partial charge in [0, 0.05) is 38.4 Å². The Hall–Kier alpha value is -1.90. The number of fused-ring (bicyclic) bond motifs is 3. The Morgan fingerprint density at radius 1 is 1.27 bits per heavy atom. The summed E-state index contributed by atoms with van der Waals surface area (Å²) in [5, 5.41) is 6.93. The van der Waals surface area contributed by atoms with Gasteiger partial charge in [-0.2, -0.15) is 0 Å². The Labute approximate surface area is 194 Å². The fraction of sp³-hybridized carbons (Fsp3) is 0.478. The average molecular weight is 521 g/mol. The van der Waals surface area contributed by atoms with Crippen LogP contribution < -0.4 is 15.5 Å². The van der Waals surface area contributed by atoms with Crippen molar-refractivity contribution in [2.75, 3.05) is 31.1 Å². The first kappa shape index (κ1) is 21.3. The number of nitrogens with one attached hydrogen (secondary N) is 2. The number of hydrogen-bond acceptors (Lipinski definition) is 3. The van der Waals surface area contributed by atoms with E-state index in [2.05, 4.69) is 46.8 Å². The third-order valence-corrected chi connectivity index (χ3v) is 6.57. The summed E-state index contributed by atoms with van der Waals surface area (Å²) < 4.78 is 14.0. The van der Waals surface area contributed by atoms with Crippen molar-refractivity contribution in [3.8, 4) is 0 Å². The van der Waals surface area contributed by atoms with Crippen LogP contribution in [0.4, 0.5) is 10.2 Å². The lowest BCUT2D eigenvalue weighted by Crippen LogP contribution is -2.44. The zero-order chi connectivity index (χ0) is 19.8. The van der Waals surface area contributed by atoms with E-state index < -0.39 is 0 Å². The number of rotatable bonds is 5. The van der Waals surface area contributed by atoms with Gasteiger partial charge in [-0.1, -0.05) is 24.3 Å². The summed E-state index contributed by atoms with van der Waals surface area (Å²) in [6.45, 7) is 5.32. The molecule has 4 atom stereocenters. The molecule has 2 heterocycles. The number of aliphatic imine (C=N–C) groups is 1. The average Bonchev–Trinajstić information content (AvgIpc) is 3.04. The van der Waals surface area contributed by atoms with Crippen molar-refractivity contribution in [2.24, 2.45) is 16.8 Å². The molecule has 1 aliphatic heterocycles. The molecule has 0 amide bonds. The molecule has 2 fully saturated rings. The predicted molar refractivity (Wildman–Crippen MR) is 129 cm³/mol. The third kappa shape index (κ3) is 4.13. The second kappa shape index (κ2) is 9.08. The zero-order valence-corrected chi connectivity index (χ0v) is 19.6. The van der Waals surface area contributed by atoms with E-state index in [9.17, 15) is 4.39 Å². The van der Waals surface area contributed by atoms with Gasteiger partial charge in [0.15, 0.2) is 17.6 Å². The third-order valence-electron chi connectivity index (χ3n) is 6.57. The van der Waals surface area contributed by atoms with Gasteiger partial charge in [0.25, 0.3) is 0 Å². The first-order valence-electron chi connectivity index (χ1n) is 10.7. The number of guanidine groups is 1. The zero-order valence-electron chi connectivity index (χ0n) is 17.2. The van der Waals surface area contributed by atoms with E-state index in [1.54, 1.807) is 17.8 Å². The maximum atomic E-state index is 14.0. The number of aromatic nitrogens is 1. The van der Waals surface area contributed by atoms with Crippen LogP contribution in [-0.2, 0) is 6.42 Å². The molecule has 1 aromatic heterocycles. The largest absolute Gasteiger partial charge is 0.357 e. The smallest absolute Gasteiger partial charge is 0.191 e. The first-order valence-corrected chi connectivity index (χ1v) is 10.7.